The number of esters is 1. The topological polar surface area (TPSA) is 95.3 Å². The van der Waals surface area contributed by atoms with Gasteiger partial charge in [0.1, 0.15) is 5.75 Å². The Morgan fingerprint density at radius 3 is 2.37 bits per heavy atom. The molecule has 1 unspecified atom stereocenters. The molecule has 35 heavy (non-hydrogen) atoms. The molecule has 3 rings (SSSR count). The average molecular weight is 517 g/mol. The highest BCUT2D eigenvalue weighted by molar-refractivity contribution is 7.99. The number of benzene rings is 2. The third kappa shape index (κ3) is 6.76. The summed E-state index contributed by atoms with van der Waals surface area (Å²) in [5.74, 6) is 0.959. The van der Waals surface area contributed by atoms with Gasteiger partial charge in [-0.15, -0.1) is 10.2 Å². The van der Waals surface area contributed by atoms with Crippen molar-refractivity contribution >= 4 is 40.9 Å². The van der Waals surface area contributed by atoms with Crippen LogP contribution in [0.15, 0.2) is 41.6 Å². The van der Waals surface area contributed by atoms with Gasteiger partial charge in [0.25, 0.3) is 0 Å². The van der Waals surface area contributed by atoms with E-state index in [0.29, 0.717) is 41.1 Å². The Bertz CT molecular complexity index is 1170. The van der Waals surface area contributed by atoms with Crippen molar-refractivity contribution in [3.63, 3.8) is 0 Å². The standard InChI is InChI=1S/C25H29ClN4O4S/c1-6-30-23(17(5)34-20-12-15(3)22(26)16(4)13-20)28-29-25(30)35-14-21(31)27-19-10-8-18(9-11-19)24(32)33-7-2/h8-13,17H,6-7,14H2,1-5H3,(H,27,31). The van der Waals surface area contributed by atoms with Gasteiger partial charge in [-0.3, -0.25) is 4.79 Å². The van der Waals surface area contributed by atoms with Crippen molar-refractivity contribution in [1.29, 1.82) is 0 Å². The Balaban J connectivity index is 1.61. The van der Waals surface area contributed by atoms with Crippen LogP contribution in [0.25, 0.3) is 0 Å². The summed E-state index contributed by atoms with van der Waals surface area (Å²) in [4.78, 5) is 24.2. The Hall–Kier alpha value is -3.04. The number of nitrogens with one attached hydrogen (secondary N) is 1. The molecule has 1 atom stereocenters. The van der Waals surface area contributed by atoms with Gasteiger partial charge in [-0.05, 0) is 82.1 Å². The van der Waals surface area contributed by atoms with Crippen LogP contribution in [0.1, 0.15) is 54.2 Å². The molecule has 1 N–H and O–H groups in total. The molecule has 1 aromatic heterocycles. The number of hydrogen-bond donors (Lipinski definition) is 1. The quantitative estimate of drug-likeness (QED) is 0.276. The summed E-state index contributed by atoms with van der Waals surface area (Å²) in [5, 5.41) is 12.8. The van der Waals surface area contributed by atoms with Gasteiger partial charge in [0.2, 0.25) is 5.91 Å². The number of hydrogen-bond acceptors (Lipinski definition) is 7. The maximum Gasteiger partial charge on any atom is 0.338 e. The number of rotatable bonds is 10. The number of aromatic nitrogens is 3. The molecule has 0 fully saturated rings. The summed E-state index contributed by atoms with van der Waals surface area (Å²) >= 11 is 7.56. The molecule has 0 saturated carbocycles. The predicted molar refractivity (Wildman–Crippen MR) is 137 cm³/mol. The molecule has 1 heterocycles. The predicted octanol–water partition coefficient (Wildman–Crippen LogP) is 5.62. The van der Waals surface area contributed by atoms with E-state index in [4.69, 9.17) is 21.1 Å². The van der Waals surface area contributed by atoms with Gasteiger partial charge in [0, 0.05) is 17.3 Å². The summed E-state index contributed by atoms with van der Waals surface area (Å²) in [6.07, 6.45) is -0.344. The molecular formula is C25H29ClN4O4S. The van der Waals surface area contributed by atoms with Crippen LogP contribution in [0.2, 0.25) is 5.02 Å². The van der Waals surface area contributed by atoms with E-state index in [2.05, 4.69) is 15.5 Å². The lowest BCUT2D eigenvalue weighted by Gasteiger charge is -2.17. The molecule has 0 spiro atoms. The first-order valence-corrected chi connectivity index (χ1v) is 12.7. The lowest BCUT2D eigenvalue weighted by Crippen LogP contribution is -2.15. The smallest absolute Gasteiger partial charge is 0.338 e. The molecule has 2 aromatic carbocycles. The Kier molecular flexibility index (Phi) is 9.17. The number of carbonyl (C=O) groups is 2. The first kappa shape index (κ1) is 26.6. The van der Waals surface area contributed by atoms with Crippen LogP contribution in [0.4, 0.5) is 5.69 Å². The summed E-state index contributed by atoms with van der Waals surface area (Å²) in [6, 6.07) is 10.4. The lowest BCUT2D eigenvalue weighted by atomic mass is 10.1. The fourth-order valence-corrected chi connectivity index (χ4v) is 4.39. The van der Waals surface area contributed by atoms with Crippen LogP contribution in [0, 0.1) is 13.8 Å². The number of thioether (sulfide) groups is 1. The first-order valence-electron chi connectivity index (χ1n) is 11.3. The molecule has 10 heteroatoms. The van der Waals surface area contributed by atoms with Crippen LogP contribution in [0.5, 0.6) is 5.75 Å². The van der Waals surface area contributed by atoms with Gasteiger partial charge in [-0.25, -0.2) is 4.79 Å². The van der Waals surface area contributed by atoms with Gasteiger partial charge in [0.05, 0.1) is 17.9 Å². The number of nitrogens with zero attached hydrogens (tertiary/aromatic N) is 3. The molecule has 1 amide bonds. The minimum absolute atomic E-state index is 0.155. The minimum Gasteiger partial charge on any atom is -0.483 e. The highest BCUT2D eigenvalue weighted by atomic mass is 35.5. The summed E-state index contributed by atoms with van der Waals surface area (Å²) in [6.45, 7) is 10.5. The fourth-order valence-electron chi connectivity index (χ4n) is 3.47. The second kappa shape index (κ2) is 12.1. The number of aryl methyl sites for hydroxylation is 2. The lowest BCUT2D eigenvalue weighted by molar-refractivity contribution is -0.113. The molecular weight excluding hydrogens is 488 g/mol. The van der Waals surface area contributed by atoms with Crippen molar-refractivity contribution in [2.45, 2.75) is 52.4 Å². The molecule has 8 nitrogen and oxygen atoms in total. The van der Waals surface area contributed by atoms with Crippen molar-refractivity contribution in [2.75, 3.05) is 17.7 Å². The van der Waals surface area contributed by atoms with Gasteiger partial charge in [-0.1, -0.05) is 23.4 Å². The van der Waals surface area contributed by atoms with Gasteiger partial charge in [-0.2, -0.15) is 0 Å². The van der Waals surface area contributed by atoms with Crippen molar-refractivity contribution in [3.05, 3.63) is 63.9 Å². The molecule has 3 aromatic rings. The monoisotopic (exact) mass is 516 g/mol. The van der Waals surface area contributed by atoms with E-state index in [1.54, 1.807) is 31.2 Å². The largest absolute Gasteiger partial charge is 0.483 e. The van der Waals surface area contributed by atoms with E-state index in [0.717, 1.165) is 16.1 Å². The zero-order chi connectivity index (χ0) is 25.5. The second-order valence-corrected chi connectivity index (χ2v) is 9.17. The summed E-state index contributed by atoms with van der Waals surface area (Å²) < 4.78 is 13.0. The maximum atomic E-state index is 12.5. The third-order valence-corrected chi connectivity index (χ3v) is 6.72. The highest BCUT2D eigenvalue weighted by Gasteiger charge is 2.20. The van der Waals surface area contributed by atoms with Crippen LogP contribution >= 0.6 is 23.4 Å². The number of amides is 1. The summed E-state index contributed by atoms with van der Waals surface area (Å²) in [7, 11) is 0. The number of halogens is 1. The fraction of sp³-hybridized carbons (Fsp3) is 0.360. The van der Waals surface area contributed by atoms with Gasteiger partial charge >= 0.3 is 5.97 Å². The van der Waals surface area contributed by atoms with Gasteiger partial charge < -0.3 is 19.4 Å². The normalized spacial score (nSPS) is 11.7. The average Bonchev–Trinajstić information content (AvgIpc) is 3.25. The van der Waals surface area contributed by atoms with E-state index < -0.39 is 5.97 Å². The Labute approximate surface area is 214 Å². The molecule has 0 aliphatic carbocycles. The summed E-state index contributed by atoms with van der Waals surface area (Å²) in [5.41, 5.74) is 2.92. The highest BCUT2D eigenvalue weighted by Crippen LogP contribution is 2.29. The van der Waals surface area contributed by atoms with Crippen LogP contribution < -0.4 is 10.1 Å². The molecule has 0 aliphatic rings. The zero-order valence-electron chi connectivity index (χ0n) is 20.4. The van der Waals surface area contributed by atoms with Crippen molar-refractivity contribution in [1.82, 2.24) is 14.8 Å². The van der Waals surface area contributed by atoms with E-state index in [1.807, 2.05) is 44.4 Å². The Morgan fingerprint density at radius 1 is 1.11 bits per heavy atom. The maximum absolute atomic E-state index is 12.5. The molecule has 0 saturated heterocycles. The van der Waals surface area contributed by atoms with Crippen LogP contribution in [-0.2, 0) is 16.1 Å². The van der Waals surface area contributed by atoms with Crippen molar-refractivity contribution in [3.8, 4) is 5.75 Å². The molecule has 0 radical (unpaired) electrons. The number of anilines is 1. The first-order chi connectivity index (χ1) is 16.7. The van der Waals surface area contributed by atoms with Crippen molar-refractivity contribution in [2.24, 2.45) is 0 Å². The second-order valence-electron chi connectivity index (χ2n) is 7.85. The van der Waals surface area contributed by atoms with E-state index in [9.17, 15) is 9.59 Å². The van der Waals surface area contributed by atoms with E-state index >= 15 is 0 Å². The Morgan fingerprint density at radius 2 is 1.77 bits per heavy atom. The number of carbonyl (C=O) groups excluding carboxylic acids is 2. The minimum atomic E-state index is -0.393. The van der Waals surface area contributed by atoms with Crippen LogP contribution in [0.3, 0.4) is 0 Å². The van der Waals surface area contributed by atoms with E-state index in [-0.39, 0.29) is 17.8 Å². The zero-order valence-corrected chi connectivity index (χ0v) is 22.0. The molecule has 186 valence electrons. The van der Waals surface area contributed by atoms with Gasteiger partial charge in [0.15, 0.2) is 17.1 Å². The third-order valence-electron chi connectivity index (χ3n) is 5.16. The van der Waals surface area contributed by atoms with E-state index in [1.165, 1.54) is 11.8 Å². The molecule has 0 aliphatic heterocycles. The van der Waals surface area contributed by atoms with Crippen molar-refractivity contribution < 1.29 is 19.1 Å². The molecule has 0 bridgehead atoms. The van der Waals surface area contributed by atoms with Crippen LogP contribution in [-0.4, -0.2) is 39.0 Å². The number of ether oxygens (including phenoxy) is 2. The SMILES string of the molecule is CCOC(=O)c1ccc(NC(=O)CSc2nnc(C(C)Oc3cc(C)c(Cl)c(C)c3)n2CC)cc1.